The summed E-state index contributed by atoms with van der Waals surface area (Å²) in [6.07, 6.45) is 0. The van der Waals surface area contributed by atoms with Crippen LogP contribution in [0.1, 0.15) is 20.7 Å². The fourth-order valence-electron chi connectivity index (χ4n) is 1.74. The Balaban J connectivity index is 2.30. The van der Waals surface area contributed by atoms with Gasteiger partial charge in [-0.25, -0.2) is 9.18 Å². The summed E-state index contributed by atoms with van der Waals surface area (Å²) < 4.78 is 17.9. The largest absolute Gasteiger partial charge is 0.465 e. The molecule has 3 N–H and O–H groups in total. The van der Waals surface area contributed by atoms with Crippen LogP contribution in [0.25, 0.3) is 0 Å². The highest BCUT2D eigenvalue weighted by Gasteiger charge is 2.15. The maximum Gasteiger partial charge on any atom is 0.339 e. The summed E-state index contributed by atoms with van der Waals surface area (Å²) >= 11 is 0. The molecule has 0 heterocycles. The minimum absolute atomic E-state index is 0.0451. The van der Waals surface area contributed by atoms with Gasteiger partial charge in [-0.15, -0.1) is 0 Å². The molecule has 6 heteroatoms. The van der Waals surface area contributed by atoms with Crippen molar-refractivity contribution in [2.24, 2.45) is 0 Å². The van der Waals surface area contributed by atoms with Crippen LogP contribution in [-0.4, -0.2) is 19.0 Å². The zero-order chi connectivity index (χ0) is 15.4. The molecule has 0 aromatic heterocycles. The van der Waals surface area contributed by atoms with Crippen LogP contribution in [-0.2, 0) is 4.74 Å². The molecule has 1 amide bonds. The van der Waals surface area contributed by atoms with E-state index >= 15 is 0 Å². The Kier molecular flexibility index (Phi) is 4.18. The first-order valence-electron chi connectivity index (χ1n) is 6.06. The van der Waals surface area contributed by atoms with Crippen molar-refractivity contribution in [1.82, 2.24) is 0 Å². The minimum atomic E-state index is -0.664. The van der Waals surface area contributed by atoms with Gasteiger partial charge in [0.15, 0.2) is 0 Å². The summed E-state index contributed by atoms with van der Waals surface area (Å²) in [6, 6.07) is 9.62. The van der Waals surface area contributed by atoms with Gasteiger partial charge in [-0.05, 0) is 42.5 Å². The van der Waals surface area contributed by atoms with Crippen molar-refractivity contribution in [3.05, 3.63) is 59.4 Å². The maximum absolute atomic E-state index is 13.3. The van der Waals surface area contributed by atoms with E-state index in [-0.39, 0.29) is 11.3 Å². The molecule has 0 aliphatic heterocycles. The van der Waals surface area contributed by atoms with Crippen LogP contribution in [0.2, 0.25) is 0 Å². The predicted octanol–water partition coefficient (Wildman–Crippen LogP) is 2.45. The summed E-state index contributed by atoms with van der Waals surface area (Å²) in [4.78, 5) is 23.7. The number of nitrogen functional groups attached to an aromatic ring is 1. The Bertz CT molecular complexity index is 684. The summed E-state index contributed by atoms with van der Waals surface area (Å²) in [6.45, 7) is 0. The van der Waals surface area contributed by atoms with Crippen molar-refractivity contribution < 1.29 is 18.7 Å². The first kappa shape index (κ1) is 14.5. The van der Waals surface area contributed by atoms with Gasteiger partial charge < -0.3 is 15.8 Å². The van der Waals surface area contributed by atoms with Crippen molar-refractivity contribution in [2.75, 3.05) is 18.2 Å². The SMILES string of the molecule is COC(=O)c1ccc(F)cc1NC(=O)c1ccc(N)cc1. The van der Waals surface area contributed by atoms with Gasteiger partial charge >= 0.3 is 5.97 Å². The number of hydrogen-bond acceptors (Lipinski definition) is 4. The first-order valence-corrected chi connectivity index (χ1v) is 6.06. The van der Waals surface area contributed by atoms with Crippen LogP contribution in [0, 0.1) is 5.82 Å². The van der Waals surface area contributed by atoms with Gasteiger partial charge in [0.1, 0.15) is 5.82 Å². The lowest BCUT2D eigenvalue weighted by atomic mass is 10.1. The van der Waals surface area contributed by atoms with Gasteiger partial charge in [-0.1, -0.05) is 0 Å². The lowest BCUT2D eigenvalue weighted by Crippen LogP contribution is -2.15. The molecular formula is C15H13FN2O3. The molecule has 108 valence electrons. The van der Waals surface area contributed by atoms with E-state index in [1.165, 1.54) is 25.3 Å². The van der Waals surface area contributed by atoms with Crippen molar-refractivity contribution in [2.45, 2.75) is 0 Å². The van der Waals surface area contributed by atoms with Crippen LogP contribution in [0.3, 0.4) is 0 Å². The van der Waals surface area contributed by atoms with Crippen molar-refractivity contribution in [3.63, 3.8) is 0 Å². The van der Waals surface area contributed by atoms with Crippen LogP contribution in [0.5, 0.6) is 0 Å². The van der Waals surface area contributed by atoms with Gasteiger partial charge in [0.2, 0.25) is 0 Å². The Morgan fingerprint density at radius 3 is 2.43 bits per heavy atom. The quantitative estimate of drug-likeness (QED) is 0.671. The van der Waals surface area contributed by atoms with Crippen molar-refractivity contribution in [1.29, 1.82) is 0 Å². The topological polar surface area (TPSA) is 81.4 Å². The molecule has 0 aliphatic rings. The summed E-state index contributed by atoms with van der Waals surface area (Å²) in [7, 11) is 1.21. The van der Waals surface area contributed by atoms with E-state index < -0.39 is 17.7 Å². The van der Waals surface area contributed by atoms with E-state index in [0.29, 0.717) is 11.3 Å². The molecule has 21 heavy (non-hydrogen) atoms. The molecule has 0 radical (unpaired) electrons. The second kappa shape index (κ2) is 6.04. The molecule has 0 bridgehead atoms. The summed E-state index contributed by atoms with van der Waals surface area (Å²) in [5, 5.41) is 2.48. The van der Waals surface area contributed by atoms with E-state index in [0.717, 1.165) is 12.1 Å². The number of esters is 1. The second-order valence-electron chi connectivity index (χ2n) is 4.26. The number of nitrogens with one attached hydrogen (secondary N) is 1. The highest BCUT2D eigenvalue weighted by atomic mass is 19.1. The average molecular weight is 288 g/mol. The first-order chi connectivity index (χ1) is 10.0. The van der Waals surface area contributed by atoms with E-state index in [1.807, 2.05) is 0 Å². The number of nitrogens with two attached hydrogens (primary N) is 1. The summed E-state index contributed by atoms with van der Waals surface area (Å²) in [5.41, 5.74) is 6.51. The van der Waals surface area contributed by atoms with Crippen molar-refractivity contribution in [3.8, 4) is 0 Å². The molecule has 2 aromatic carbocycles. The number of methoxy groups -OCH3 is 1. The van der Waals surface area contributed by atoms with E-state index in [9.17, 15) is 14.0 Å². The molecular weight excluding hydrogens is 275 g/mol. The van der Waals surface area contributed by atoms with Gasteiger partial charge in [-0.3, -0.25) is 4.79 Å². The third-order valence-electron chi connectivity index (χ3n) is 2.81. The van der Waals surface area contributed by atoms with E-state index in [1.54, 1.807) is 12.1 Å². The number of hydrogen-bond donors (Lipinski definition) is 2. The number of amides is 1. The third-order valence-corrected chi connectivity index (χ3v) is 2.81. The smallest absolute Gasteiger partial charge is 0.339 e. The number of halogens is 1. The van der Waals surface area contributed by atoms with Gasteiger partial charge in [-0.2, -0.15) is 0 Å². The van der Waals surface area contributed by atoms with Gasteiger partial charge in [0.05, 0.1) is 18.4 Å². The highest BCUT2D eigenvalue weighted by molar-refractivity contribution is 6.08. The lowest BCUT2D eigenvalue weighted by molar-refractivity contribution is 0.0602. The fourth-order valence-corrected chi connectivity index (χ4v) is 1.74. The lowest BCUT2D eigenvalue weighted by Gasteiger charge is -2.10. The van der Waals surface area contributed by atoms with Crippen LogP contribution < -0.4 is 11.1 Å². The molecule has 0 fully saturated rings. The molecule has 5 nitrogen and oxygen atoms in total. The Morgan fingerprint density at radius 1 is 1.14 bits per heavy atom. The number of rotatable bonds is 3. The molecule has 0 unspecified atom stereocenters. The minimum Gasteiger partial charge on any atom is -0.465 e. The zero-order valence-corrected chi connectivity index (χ0v) is 11.2. The van der Waals surface area contributed by atoms with Gasteiger partial charge in [0.25, 0.3) is 5.91 Å². The second-order valence-corrected chi connectivity index (χ2v) is 4.26. The van der Waals surface area contributed by atoms with E-state index in [4.69, 9.17) is 5.73 Å². The predicted molar refractivity (Wildman–Crippen MR) is 76.5 cm³/mol. The highest BCUT2D eigenvalue weighted by Crippen LogP contribution is 2.19. The Morgan fingerprint density at radius 2 is 1.81 bits per heavy atom. The monoisotopic (exact) mass is 288 g/mol. The molecule has 2 aromatic rings. The maximum atomic E-state index is 13.3. The fraction of sp³-hybridized carbons (Fsp3) is 0.0667. The molecule has 0 saturated heterocycles. The van der Waals surface area contributed by atoms with Crippen LogP contribution >= 0.6 is 0 Å². The third kappa shape index (κ3) is 3.36. The zero-order valence-electron chi connectivity index (χ0n) is 11.2. The van der Waals surface area contributed by atoms with Crippen LogP contribution in [0.15, 0.2) is 42.5 Å². The number of carbonyl (C=O) groups excluding carboxylic acids is 2. The normalized spacial score (nSPS) is 10.0. The van der Waals surface area contributed by atoms with Gasteiger partial charge in [0, 0.05) is 11.3 Å². The molecule has 0 aliphatic carbocycles. The summed E-state index contributed by atoms with van der Waals surface area (Å²) in [5.74, 6) is -1.72. The molecule has 0 atom stereocenters. The van der Waals surface area contributed by atoms with Crippen molar-refractivity contribution >= 4 is 23.3 Å². The molecule has 2 rings (SSSR count). The average Bonchev–Trinajstić information content (AvgIpc) is 2.47. The standard InChI is InChI=1S/C15H13FN2O3/c1-21-15(20)12-7-4-10(16)8-13(12)18-14(19)9-2-5-11(17)6-3-9/h2-8H,17H2,1H3,(H,18,19). The Labute approximate surface area is 120 Å². The van der Waals surface area contributed by atoms with Crippen LogP contribution in [0.4, 0.5) is 15.8 Å². The number of anilines is 2. The number of ether oxygens (including phenoxy) is 1. The van der Waals surface area contributed by atoms with E-state index in [2.05, 4.69) is 10.1 Å². The number of benzene rings is 2. The Hall–Kier alpha value is -2.89. The molecule has 0 saturated carbocycles. The number of carbonyl (C=O) groups is 2. The molecule has 0 spiro atoms.